The fraction of sp³-hybridized carbons (Fsp3) is 0.500. The summed E-state index contributed by atoms with van der Waals surface area (Å²) in [5.74, 6) is -0.903. The van der Waals surface area contributed by atoms with Gasteiger partial charge in [-0.05, 0) is 18.1 Å². The minimum absolute atomic E-state index is 0.0193. The Balaban J connectivity index is 1.97. The van der Waals surface area contributed by atoms with Crippen LogP contribution in [0, 0.1) is 5.92 Å². The third-order valence-corrected chi connectivity index (χ3v) is 4.22. The van der Waals surface area contributed by atoms with Crippen molar-refractivity contribution in [2.75, 3.05) is 31.6 Å². The van der Waals surface area contributed by atoms with Crippen LogP contribution < -0.4 is 10.6 Å². The number of anilines is 1. The summed E-state index contributed by atoms with van der Waals surface area (Å²) in [6, 6.07) is 6.23. The zero-order chi connectivity index (χ0) is 19.1. The Kier molecular flexibility index (Phi) is 7.26. The minimum Gasteiger partial charge on any atom is -0.465 e. The van der Waals surface area contributed by atoms with E-state index >= 15 is 0 Å². The molecule has 2 N–H and O–H groups in total. The van der Waals surface area contributed by atoms with Crippen LogP contribution in [-0.4, -0.2) is 55.0 Å². The first-order chi connectivity index (χ1) is 12.4. The summed E-state index contributed by atoms with van der Waals surface area (Å²) in [4.78, 5) is 38.1. The summed E-state index contributed by atoms with van der Waals surface area (Å²) in [5, 5.41) is 6.16. The second kappa shape index (κ2) is 9.43. The molecule has 7 nitrogen and oxygen atoms in total. The van der Waals surface area contributed by atoms with Gasteiger partial charge in [0, 0.05) is 13.1 Å². The molecule has 0 spiro atoms. The SMILES string of the molecule is CC(C)COC(=O)CC1C(=O)NCCN1C(=O)CNc1ccccc1Cl. The maximum Gasteiger partial charge on any atom is 0.308 e. The lowest BCUT2D eigenvalue weighted by atomic mass is 10.1. The predicted molar refractivity (Wildman–Crippen MR) is 98.9 cm³/mol. The third kappa shape index (κ3) is 5.62. The lowest BCUT2D eigenvalue weighted by Gasteiger charge is -2.34. The summed E-state index contributed by atoms with van der Waals surface area (Å²) in [5.41, 5.74) is 0.636. The number of benzene rings is 1. The van der Waals surface area contributed by atoms with Crippen LogP contribution in [0.2, 0.25) is 5.02 Å². The fourth-order valence-electron chi connectivity index (χ4n) is 2.57. The summed E-state index contributed by atoms with van der Waals surface area (Å²) in [6.45, 7) is 4.82. The first kappa shape index (κ1) is 20.0. The Morgan fingerprint density at radius 1 is 1.38 bits per heavy atom. The average Bonchev–Trinajstić information content (AvgIpc) is 2.60. The number of hydrogen-bond donors (Lipinski definition) is 2. The van der Waals surface area contributed by atoms with Gasteiger partial charge in [0.25, 0.3) is 0 Å². The van der Waals surface area contributed by atoms with Crippen LogP contribution in [0.25, 0.3) is 0 Å². The van der Waals surface area contributed by atoms with E-state index in [1.54, 1.807) is 24.3 Å². The van der Waals surface area contributed by atoms with Crippen LogP contribution in [0.4, 0.5) is 5.69 Å². The molecule has 0 radical (unpaired) electrons. The van der Waals surface area contributed by atoms with Crippen molar-refractivity contribution in [3.05, 3.63) is 29.3 Å². The van der Waals surface area contributed by atoms with Gasteiger partial charge >= 0.3 is 5.97 Å². The molecule has 26 heavy (non-hydrogen) atoms. The van der Waals surface area contributed by atoms with Crippen LogP contribution in [0.5, 0.6) is 0 Å². The Hall–Kier alpha value is -2.28. The van der Waals surface area contributed by atoms with E-state index in [0.29, 0.717) is 23.8 Å². The predicted octanol–water partition coefficient (Wildman–Crippen LogP) is 1.67. The van der Waals surface area contributed by atoms with Crippen LogP contribution in [0.15, 0.2) is 24.3 Å². The molecule has 0 bridgehead atoms. The molecule has 1 unspecified atom stereocenters. The van der Waals surface area contributed by atoms with Crippen molar-refractivity contribution >= 4 is 35.1 Å². The number of halogens is 1. The molecule has 8 heteroatoms. The molecule has 0 saturated carbocycles. The summed E-state index contributed by atoms with van der Waals surface area (Å²) in [6.07, 6.45) is -0.156. The summed E-state index contributed by atoms with van der Waals surface area (Å²) < 4.78 is 5.14. The molecule has 0 aromatic heterocycles. The molecule has 1 aromatic carbocycles. The lowest BCUT2D eigenvalue weighted by molar-refractivity contribution is -0.152. The van der Waals surface area contributed by atoms with E-state index < -0.39 is 12.0 Å². The first-order valence-electron chi connectivity index (χ1n) is 8.59. The first-order valence-corrected chi connectivity index (χ1v) is 8.97. The van der Waals surface area contributed by atoms with Crippen molar-refractivity contribution in [1.29, 1.82) is 0 Å². The quantitative estimate of drug-likeness (QED) is 0.701. The number of carbonyl (C=O) groups excluding carboxylic acids is 3. The second-order valence-electron chi connectivity index (χ2n) is 6.51. The van der Waals surface area contributed by atoms with Crippen molar-refractivity contribution in [2.24, 2.45) is 5.92 Å². The van der Waals surface area contributed by atoms with Crippen molar-refractivity contribution < 1.29 is 19.1 Å². The highest BCUT2D eigenvalue weighted by Gasteiger charge is 2.35. The van der Waals surface area contributed by atoms with Gasteiger partial charge in [-0.1, -0.05) is 37.6 Å². The largest absolute Gasteiger partial charge is 0.465 e. The molecule has 0 aliphatic carbocycles. The molecule has 1 atom stereocenters. The highest BCUT2D eigenvalue weighted by molar-refractivity contribution is 6.33. The van der Waals surface area contributed by atoms with Crippen molar-refractivity contribution in [2.45, 2.75) is 26.3 Å². The van der Waals surface area contributed by atoms with E-state index in [4.69, 9.17) is 16.3 Å². The van der Waals surface area contributed by atoms with Crippen molar-refractivity contribution in [3.63, 3.8) is 0 Å². The van der Waals surface area contributed by atoms with Gasteiger partial charge in [0.2, 0.25) is 11.8 Å². The van der Waals surface area contributed by atoms with E-state index in [2.05, 4.69) is 10.6 Å². The minimum atomic E-state index is -0.857. The third-order valence-electron chi connectivity index (χ3n) is 3.89. The van der Waals surface area contributed by atoms with Gasteiger partial charge in [-0.2, -0.15) is 0 Å². The van der Waals surface area contributed by atoms with Gasteiger partial charge in [0.1, 0.15) is 6.04 Å². The molecule has 1 fully saturated rings. The topological polar surface area (TPSA) is 87.7 Å². The number of carbonyl (C=O) groups is 3. The summed E-state index contributed by atoms with van der Waals surface area (Å²) in [7, 11) is 0. The van der Waals surface area contributed by atoms with Gasteiger partial charge in [0.15, 0.2) is 0 Å². The number of para-hydroxylation sites is 1. The smallest absolute Gasteiger partial charge is 0.308 e. The number of nitrogens with one attached hydrogen (secondary N) is 2. The highest BCUT2D eigenvalue weighted by Crippen LogP contribution is 2.20. The number of hydrogen-bond acceptors (Lipinski definition) is 5. The zero-order valence-electron chi connectivity index (χ0n) is 15.0. The lowest BCUT2D eigenvalue weighted by Crippen LogP contribution is -2.58. The molecular formula is C18H24ClN3O4. The number of esters is 1. The molecule has 2 amide bonds. The molecule has 2 rings (SSSR count). The zero-order valence-corrected chi connectivity index (χ0v) is 15.7. The standard InChI is InChI=1S/C18H24ClN3O4/c1-12(2)11-26-17(24)9-15-18(25)20-7-8-22(15)16(23)10-21-14-6-4-3-5-13(14)19/h3-6,12,15,21H,7-11H2,1-2H3,(H,20,25). The number of rotatable bonds is 7. The Labute approximate surface area is 158 Å². The van der Waals surface area contributed by atoms with E-state index in [1.807, 2.05) is 13.8 Å². The number of nitrogens with zero attached hydrogens (tertiary/aromatic N) is 1. The molecule has 1 aliphatic heterocycles. The Morgan fingerprint density at radius 3 is 2.81 bits per heavy atom. The van der Waals surface area contributed by atoms with E-state index in [1.165, 1.54) is 4.90 Å². The monoisotopic (exact) mass is 381 g/mol. The molecule has 1 aliphatic rings. The van der Waals surface area contributed by atoms with Crippen LogP contribution in [-0.2, 0) is 19.1 Å². The number of ether oxygens (including phenoxy) is 1. The fourth-order valence-corrected chi connectivity index (χ4v) is 2.77. The van der Waals surface area contributed by atoms with Gasteiger partial charge in [-0.15, -0.1) is 0 Å². The van der Waals surface area contributed by atoms with E-state index in [-0.39, 0.29) is 37.3 Å². The van der Waals surface area contributed by atoms with E-state index in [9.17, 15) is 14.4 Å². The second-order valence-corrected chi connectivity index (χ2v) is 6.92. The maximum atomic E-state index is 12.6. The molecular weight excluding hydrogens is 358 g/mol. The average molecular weight is 382 g/mol. The Morgan fingerprint density at radius 2 is 2.12 bits per heavy atom. The van der Waals surface area contributed by atoms with Gasteiger partial charge in [0.05, 0.1) is 30.3 Å². The van der Waals surface area contributed by atoms with Crippen molar-refractivity contribution in [1.82, 2.24) is 10.2 Å². The molecule has 1 saturated heterocycles. The summed E-state index contributed by atoms with van der Waals surface area (Å²) >= 11 is 6.06. The number of amides is 2. The van der Waals surface area contributed by atoms with Crippen LogP contribution in [0.1, 0.15) is 20.3 Å². The molecule has 1 aromatic rings. The Bertz CT molecular complexity index is 666. The molecule has 142 valence electrons. The maximum absolute atomic E-state index is 12.6. The van der Waals surface area contributed by atoms with Gasteiger partial charge < -0.3 is 20.3 Å². The highest BCUT2D eigenvalue weighted by atomic mass is 35.5. The van der Waals surface area contributed by atoms with Gasteiger partial charge in [-0.25, -0.2) is 0 Å². The molecule has 1 heterocycles. The number of piperazine rings is 1. The van der Waals surface area contributed by atoms with Crippen molar-refractivity contribution in [3.8, 4) is 0 Å². The van der Waals surface area contributed by atoms with E-state index in [0.717, 1.165) is 0 Å². The van der Waals surface area contributed by atoms with Crippen LogP contribution in [0.3, 0.4) is 0 Å². The normalized spacial score (nSPS) is 17.0. The van der Waals surface area contributed by atoms with Crippen LogP contribution >= 0.6 is 11.6 Å². The van der Waals surface area contributed by atoms with Gasteiger partial charge in [-0.3, -0.25) is 14.4 Å².